The van der Waals surface area contributed by atoms with Gasteiger partial charge in [-0.15, -0.1) is 0 Å². The lowest BCUT2D eigenvalue weighted by Gasteiger charge is -2.15. The van der Waals surface area contributed by atoms with E-state index in [-0.39, 0.29) is 23.8 Å². The molecule has 0 bridgehead atoms. The molecule has 1 saturated carbocycles. The molecular formula is C23H24N4O2. The molecule has 6 heteroatoms. The van der Waals surface area contributed by atoms with E-state index in [0.29, 0.717) is 5.56 Å². The van der Waals surface area contributed by atoms with E-state index >= 15 is 0 Å². The molecule has 1 heterocycles. The van der Waals surface area contributed by atoms with Crippen LogP contribution in [0.5, 0.6) is 0 Å². The Morgan fingerprint density at radius 3 is 2.41 bits per heavy atom. The van der Waals surface area contributed by atoms with Gasteiger partial charge in [0.1, 0.15) is 0 Å². The third-order valence-corrected chi connectivity index (χ3v) is 5.23. The molecule has 148 valence electrons. The highest BCUT2D eigenvalue weighted by Crippen LogP contribution is 2.30. The number of hydrogen-bond acceptors (Lipinski definition) is 3. The second-order valence-corrected chi connectivity index (χ2v) is 7.47. The molecule has 1 aliphatic carbocycles. The van der Waals surface area contributed by atoms with Crippen molar-refractivity contribution >= 4 is 17.5 Å². The molecule has 1 atom stereocenters. The van der Waals surface area contributed by atoms with E-state index in [1.54, 1.807) is 10.9 Å². The maximum Gasteiger partial charge on any atom is 0.255 e. The summed E-state index contributed by atoms with van der Waals surface area (Å²) in [5.74, 6) is 0.0984. The van der Waals surface area contributed by atoms with E-state index in [4.69, 9.17) is 0 Å². The van der Waals surface area contributed by atoms with Crippen LogP contribution in [0, 0.1) is 12.8 Å². The van der Waals surface area contributed by atoms with Gasteiger partial charge in [-0.3, -0.25) is 9.59 Å². The summed E-state index contributed by atoms with van der Waals surface area (Å²) in [7, 11) is 0. The second-order valence-electron chi connectivity index (χ2n) is 7.47. The number of benzene rings is 2. The fraction of sp³-hybridized carbons (Fsp3) is 0.261. The third kappa shape index (κ3) is 4.21. The number of anilines is 1. The van der Waals surface area contributed by atoms with Gasteiger partial charge in [-0.05, 0) is 56.5 Å². The van der Waals surface area contributed by atoms with Crippen LogP contribution in [0.1, 0.15) is 47.4 Å². The number of aromatic nitrogens is 2. The molecule has 2 aromatic carbocycles. The lowest BCUT2D eigenvalue weighted by molar-refractivity contribution is -0.117. The highest BCUT2D eigenvalue weighted by atomic mass is 16.2. The first-order valence-electron chi connectivity index (χ1n) is 9.84. The van der Waals surface area contributed by atoms with Gasteiger partial charge in [-0.25, -0.2) is 4.68 Å². The predicted molar refractivity (Wildman–Crippen MR) is 112 cm³/mol. The summed E-state index contributed by atoms with van der Waals surface area (Å²) in [6.45, 7) is 3.82. The van der Waals surface area contributed by atoms with E-state index in [1.165, 1.54) is 0 Å². The lowest BCUT2D eigenvalue weighted by Crippen LogP contribution is -2.27. The summed E-state index contributed by atoms with van der Waals surface area (Å²) in [6.07, 6.45) is 3.56. The van der Waals surface area contributed by atoms with Gasteiger partial charge in [0.25, 0.3) is 5.91 Å². The Morgan fingerprint density at radius 2 is 1.76 bits per heavy atom. The largest absolute Gasteiger partial charge is 0.345 e. The van der Waals surface area contributed by atoms with Gasteiger partial charge in [0, 0.05) is 11.6 Å². The van der Waals surface area contributed by atoms with Crippen LogP contribution in [0.4, 0.5) is 5.69 Å². The van der Waals surface area contributed by atoms with Gasteiger partial charge >= 0.3 is 0 Å². The predicted octanol–water partition coefficient (Wildman–Crippen LogP) is 4.02. The maximum atomic E-state index is 12.8. The van der Waals surface area contributed by atoms with E-state index in [0.717, 1.165) is 35.5 Å². The summed E-state index contributed by atoms with van der Waals surface area (Å²) >= 11 is 0. The van der Waals surface area contributed by atoms with Crippen LogP contribution in [0.25, 0.3) is 5.69 Å². The summed E-state index contributed by atoms with van der Waals surface area (Å²) in [4.78, 5) is 24.6. The van der Waals surface area contributed by atoms with Gasteiger partial charge in [-0.1, -0.05) is 30.3 Å². The highest BCUT2D eigenvalue weighted by Gasteiger charge is 2.29. The van der Waals surface area contributed by atoms with Crippen LogP contribution < -0.4 is 10.6 Å². The molecule has 1 unspecified atom stereocenters. The number of para-hydroxylation sites is 1. The summed E-state index contributed by atoms with van der Waals surface area (Å²) < 4.78 is 1.76. The number of nitrogens with one attached hydrogen (secondary N) is 2. The third-order valence-electron chi connectivity index (χ3n) is 5.23. The first-order chi connectivity index (χ1) is 14.0. The molecule has 0 aliphatic heterocycles. The summed E-state index contributed by atoms with van der Waals surface area (Å²) in [5, 5.41) is 10.3. The topological polar surface area (TPSA) is 76.0 Å². The zero-order chi connectivity index (χ0) is 20.4. The molecule has 0 spiro atoms. The maximum absolute atomic E-state index is 12.8. The average Bonchev–Trinajstić information content (AvgIpc) is 3.51. The Labute approximate surface area is 169 Å². The van der Waals surface area contributed by atoms with Crippen LogP contribution >= 0.6 is 0 Å². The molecule has 6 nitrogen and oxygen atoms in total. The zero-order valence-electron chi connectivity index (χ0n) is 16.6. The number of carbonyl (C=O) groups excluding carboxylic acids is 2. The minimum absolute atomic E-state index is 0.0880. The van der Waals surface area contributed by atoms with Crippen molar-refractivity contribution in [2.75, 3.05) is 5.32 Å². The van der Waals surface area contributed by atoms with Gasteiger partial charge in [0.15, 0.2) is 0 Å². The molecule has 29 heavy (non-hydrogen) atoms. The molecule has 0 radical (unpaired) electrons. The van der Waals surface area contributed by atoms with E-state index in [9.17, 15) is 9.59 Å². The Kier molecular flexibility index (Phi) is 5.16. The Bertz CT molecular complexity index is 1020. The van der Waals surface area contributed by atoms with Crippen LogP contribution in [0.15, 0.2) is 60.8 Å². The highest BCUT2D eigenvalue weighted by molar-refractivity contribution is 5.95. The van der Waals surface area contributed by atoms with Crippen LogP contribution in [-0.4, -0.2) is 21.6 Å². The van der Waals surface area contributed by atoms with Gasteiger partial charge in [0.2, 0.25) is 5.91 Å². The summed E-state index contributed by atoms with van der Waals surface area (Å²) in [6, 6.07) is 17.1. The molecular weight excluding hydrogens is 364 g/mol. The Morgan fingerprint density at radius 1 is 1.07 bits per heavy atom. The van der Waals surface area contributed by atoms with Crippen molar-refractivity contribution in [2.45, 2.75) is 32.7 Å². The number of amides is 2. The van der Waals surface area contributed by atoms with Crippen molar-refractivity contribution in [2.24, 2.45) is 5.92 Å². The molecule has 4 rings (SSSR count). The lowest BCUT2D eigenvalue weighted by atomic mass is 10.1. The van der Waals surface area contributed by atoms with Crippen LogP contribution in [-0.2, 0) is 4.79 Å². The van der Waals surface area contributed by atoms with Crippen molar-refractivity contribution in [3.8, 4) is 5.69 Å². The number of carbonyl (C=O) groups is 2. The van der Waals surface area contributed by atoms with Crippen molar-refractivity contribution in [3.63, 3.8) is 0 Å². The monoisotopic (exact) mass is 388 g/mol. The standard InChI is InChI=1S/C23H24N4O2/c1-15(17-10-12-19(13-11-17)26-22(28)18-8-9-18)25-23(29)21-14-24-27(16(21)2)20-6-4-3-5-7-20/h3-7,10-15,18H,8-9H2,1-2H3,(H,25,29)(H,26,28). The Balaban J connectivity index is 1.42. The van der Waals surface area contributed by atoms with Gasteiger partial charge in [-0.2, -0.15) is 5.10 Å². The fourth-order valence-electron chi connectivity index (χ4n) is 3.26. The Hall–Kier alpha value is -3.41. The molecule has 2 amide bonds. The summed E-state index contributed by atoms with van der Waals surface area (Å²) in [5.41, 5.74) is 4.01. The van der Waals surface area contributed by atoms with Crippen LogP contribution in [0.2, 0.25) is 0 Å². The fourth-order valence-corrected chi connectivity index (χ4v) is 3.26. The second kappa shape index (κ2) is 7.91. The minimum Gasteiger partial charge on any atom is -0.345 e. The first kappa shape index (κ1) is 18.9. The SMILES string of the molecule is Cc1c(C(=O)NC(C)c2ccc(NC(=O)C3CC3)cc2)cnn1-c1ccccc1. The molecule has 0 saturated heterocycles. The number of rotatable bonds is 6. The van der Waals surface area contributed by atoms with Gasteiger partial charge in [0.05, 0.1) is 29.2 Å². The van der Waals surface area contributed by atoms with Crippen LogP contribution in [0.3, 0.4) is 0 Å². The average molecular weight is 388 g/mol. The van der Waals surface area contributed by atoms with Gasteiger partial charge < -0.3 is 10.6 Å². The smallest absolute Gasteiger partial charge is 0.255 e. The quantitative estimate of drug-likeness (QED) is 0.670. The van der Waals surface area contributed by atoms with E-state index < -0.39 is 0 Å². The number of hydrogen-bond donors (Lipinski definition) is 2. The molecule has 2 N–H and O–H groups in total. The molecule has 1 aromatic heterocycles. The molecule has 3 aromatic rings. The van der Waals surface area contributed by atoms with Crippen molar-refractivity contribution in [3.05, 3.63) is 77.6 Å². The normalized spacial score (nSPS) is 14.3. The molecule has 1 fully saturated rings. The molecule has 1 aliphatic rings. The first-order valence-corrected chi connectivity index (χ1v) is 9.84. The zero-order valence-corrected chi connectivity index (χ0v) is 16.6. The number of nitrogens with zero attached hydrogens (tertiary/aromatic N) is 2. The van der Waals surface area contributed by atoms with Crippen molar-refractivity contribution < 1.29 is 9.59 Å². The minimum atomic E-state index is -0.171. The van der Waals surface area contributed by atoms with Crippen molar-refractivity contribution in [1.29, 1.82) is 0 Å². The van der Waals surface area contributed by atoms with E-state index in [1.807, 2.05) is 68.4 Å². The van der Waals surface area contributed by atoms with E-state index in [2.05, 4.69) is 15.7 Å². The van der Waals surface area contributed by atoms with Crippen molar-refractivity contribution in [1.82, 2.24) is 15.1 Å².